The third-order valence-electron chi connectivity index (χ3n) is 1.71. The van der Waals surface area contributed by atoms with Crippen LogP contribution in [0.4, 0.5) is 23.4 Å². The van der Waals surface area contributed by atoms with Gasteiger partial charge in [-0.3, -0.25) is 5.32 Å². The number of alkyl halides is 3. The number of nitrogens with zero attached hydrogens (tertiary/aromatic N) is 2. The van der Waals surface area contributed by atoms with Crippen LogP contribution in [0, 0.1) is 5.82 Å². The van der Waals surface area contributed by atoms with Gasteiger partial charge in [0.15, 0.2) is 11.6 Å². The molecule has 4 nitrogen and oxygen atoms in total. The number of unbranched alkanes of at least 4 members (excludes halogenated alkanes) is 1. The fourth-order valence-electron chi connectivity index (χ4n) is 0.950. The minimum Gasteiger partial charge on any atom is -0.463 e. The molecule has 1 rings (SSSR count). The van der Waals surface area contributed by atoms with Gasteiger partial charge < -0.3 is 4.74 Å². The topological polar surface area (TPSA) is 47.0 Å². The van der Waals surface area contributed by atoms with Gasteiger partial charge in [0.2, 0.25) is 0 Å². The van der Waals surface area contributed by atoms with Crippen LogP contribution in [0.25, 0.3) is 0 Å². The maximum Gasteiger partial charge on any atom is 0.483 e. The lowest BCUT2D eigenvalue weighted by molar-refractivity contribution is -0.101. The molecule has 0 amide bonds. The fourth-order valence-corrected chi connectivity index (χ4v) is 0.950. The molecule has 1 N–H and O–H groups in total. The second-order valence-electron chi connectivity index (χ2n) is 3.17. The summed E-state index contributed by atoms with van der Waals surface area (Å²) in [5.41, 5.74) is 0. The summed E-state index contributed by atoms with van der Waals surface area (Å²) in [4.78, 5) is 6.72. The molecule has 0 spiro atoms. The predicted octanol–water partition coefficient (Wildman–Crippen LogP) is 2.73. The van der Waals surface area contributed by atoms with Crippen molar-refractivity contribution >= 4 is 5.82 Å². The van der Waals surface area contributed by atoms with E-state index in [4.69, 9.17) is 4.74 Å². The van der Waals surface area contributed by atoms with Crippen molar-refractivity contribution in [3.05, 3.63) is 12.0 Å². The molecule has 0 aliphatic carbocycles. The van der Waals surface area contributed by atoms with Crippen LogP contribution in [0.15, 0.2) is 6.20 Å². The number of aromatic nitrogens is 2. The molecule has 0 saturated carbocycles. The summed E-state index contributed by atoms with van der Waals surface area (Å²) in [6.07, 6.45) is -2.56. The fraction of sp³-hybridized carbons (Fsp3) is 0.556. The van der Waals surface area contributed by atoms with Gasteiger partial charge in [-0.2, -0.15) is 18.2 Å². The van der Waals surface area contributed by atoms with Gasteiger partial charge >= 0.3 is 12.3 Å². The molecule has 0 radical (unpaired) electrons. The van der Waals surface area contributed by atoms with Gasteiger partial charge in [-0.1, -0.05) is 13.3 Å². The van der Waals surface area contributed by atoms with E-state index in [0.29, 0.717) is 12.6 Å². The van der Waals surface area contributed by atoms with Crippen LogP contribution >= 0.6 is 0 Å². The highest BCUT2D eigenvalue weighted by Crippen LogP contribution is 2.21. The number of hydrogen-bond acceptors (Lipinski definition) is 4. The van der Waals surface area contributed by atoms with E-state index in [2.05, 4.69) is 9.97 Å². The Kier molecular flexibility index (Phi) is 4.47. The molecule has 0 atom stereocenters. The third kappa shape index (κ3) is 4.83. The summed E-state index contributed by atoms with van der Waals surface area (Å²) >= 11 is 0. The molecule has 0 fully saturated rings. The molecule has 1 heterocycles. The first-order valence-corrected chi connectivity index (χ1v) is 4.92. The van der Waals surface area contributed by atoms with Crippen LogP contribution in [-0.4, -0.2) is 22.9 Å². The zero-order valence-corrected chi connectivity index (χ0v) is 9.01. The Morgan fingerprint density at radius 3 is 2.71 bits per heavy atom. The summed E-state index contributed by atoms with van der Waals surface area (Å²) in [6, 6.07) is -0.286. The number of ether oxygens (including phenoxy) is 1. The molecule has 1 aromatic rings. The highest BCUT2D eigenvalue weighted by molar-refractivity contribution is 5.36. The molecule has 0 saturated heterocycles. The SMILES string of the molecule is CCCCOc1ncc(F)c(NC(F)(F)F)n1. The van der Waals surface area contributed by atoms with Gasteiger partial charge in [-0.15, -0.1) is 0 Å². The number of rotatable bonds is 5. The minimum absolute atomic E-state index is 0.271. The van der Waals surface area contributed by atoms with E-state index >= 15 is 0 Å². The average Bonchev–Trinajstić information content (AvgIpc) is 2.21. The van der Waals surface area contributed by atoms with Crippen molar-refractivity contribution in [1.82, 2.24) is 9.97 Å². The quantitative estimate of drug-likeness (QED) is 0.498. The molecule has 0 aliphatic heterocycles. The van der Waals surface area contributed by atoms with E-state index in [1.165, 1.54) is 0 Å². The number of anilines is 1. The monoisotopic (exact) mass is 253 g/mol. The third-order valence-corrected chi connectivity index (χ3v) is 1.71. The molecule has 0 bridgehead atoms. The van der Waals surface area contributed by atoms with Gasteiger partial charge in [-0.05, 0) is 6.42 Å². The second kappa shape index (κ2) is 5.65. The Balaban J connectivity index is 2.72. The molecule has 1 aromatic heterocycles. The molecule has 0 unspecified atom stereocenters. The number of hydrogen-bond donors (Lipinski definition) is 1. The van der Waals surface area contributed by atoms with E-state index in [-0.39, 0.29) is 12.6 Å². The van der Waals surface area contributed by atoms with Gasteiger partial charge in [0, 0.05) is 0 Å². The summed E-state index contributed by atoms with van der Waals surface area (Å²) < 4.78 is 53.8. The maximum absolute atomic E-state index is 12.9. The highest BCUT2D eigenvalue weighted by Gasteiger charge is 2.29. The lowest BCUT2D eigenvalue weighted by Crippen LogP contribution is -2.22. The predicted molar refractivity (Wildman–Crippen MR) is 52.1 cm³/mol. The van der Waals surface area contributed by atoms with Crippen molar-refractivity contribution in [2.24, 2.45) is 0 Å². The van der Waals surface area contributed by atoms with Crippen molar-refractivity contribution in [2.75, 3.05) is 11.9 Å². The Bertz CT molecular complexity index is 370. The summed E-state index contributed by atoms with van der Waals surface area (Å²) in [7, 11) is 0. The van der Waals surface area contributed by atoms with E-state index < -0.39 is 17.9 Å². The molecular formula is C9H11F4N3O. The first kappa shape index (κ1) is 13.5. The van der Waals surface area contributed by atoms with E-state index in [1.807, 2.05) is 6.92 Å². The summed E-state index contributed by atoms with van der Waals surface area (Å²) in [5, 5.41) is 0.974. The molecule has 17 heavy (non-hydrogen) atoms. The zero-order valence-electron chi connectivity index (χ0n) is 9.01. The van der Waals surface area contributed by atoms with Gasteiger partial charge in [-0.25, -0.2) is 9.37 Å². The Morgan fingerprint density at radius 1 is 1.41 bits per heavy atom. The van der Waals surface area contributed by atoms with Gasteiger partial charge in [0.05, 0.1) is 12.8 Å². The minimum atomic E-state index is -4.75. The van der Waals surface area contributed by atoms with Crippen LogP contribution in [0.3, 0.4) is 0 Å². The molecule has 96 valence electrons. The standard InChI is InChI=1S/C9H11F4N3O/c1-2-3-4-17-8-14-5-6(10)7(15-8)16-9(11,12)13/h5H,2-4H2,1H3,(H,14,15,16). The average molecular weight is 253 g/mol. The summed E-state index contributed by atoms with van der Waals surface area (Å²) in [6.45, 7) is 2.19. The first-order valence-electron chi connectivity index (χ1n) is 4.92. The van der Waals surface area contributed by atoms with E-state index in [9.17, 15) is 17.6 Å². The van der Waals surface area contributed by atoms with Crippen LogP contribution in [0.5, 0.6) is 6.01 Å². The summed E-state index contributed by atoms with van der Waals surface area (Å²) in [5.74, 6) is -2.14. The van der Waals surface area contributed by atoms with E-state index in [0.717, 1.165) is 11.7 Å². The van der Waals surface area contributed by atoms with Crippen LogP contribution < -0.4 is 10.1 Å². The van der Waals surface area contributed by atoms with Crippen molar-refractivity contribution in [3.8, 4) is 6.01 Å². The number of halogens is 4. The zero-order chi connectivity index (χ0) is 12.9. The molecular weight excluding hydrogens is 242 g/mol. The van der Waals surface area contributed by atoms with Crippen molar-refractivity contribution in [2.45, 2.75) is 26.1 Å². The van der Waals surface area contributed by atoms with Crippen molar-refractivity contribution in [1.29, 1.82) is 0 Å². The normalized spacial score (nSPS) is 11.4. The van der Waals surface area contributed by atoms with Gasteiger partial charge in [0.1, 0.15) is 0 Å². The number of nitrogens with one attached hydrogen (secondary N) is 1. The Morgan fingerprint density at radius 2 is 2.12 bits per heavy atom. The van der Waals surface area contributed by atoms with Gasteiger partial charge in [0.25, 0.3) is 0 Å². The second-order valence-corrected chi connectivity index (χ2v) is 3.17. The first-order chi connectivity index (χ1) is 7.92. The van der Waals surface area contributed by atoms with Crippen LogP contribution in [0.2, 0.25) is 0 Å². The molecule has 0 aliphatic rings. The Hall–Kier alpha value is -1.60. The smallest absolute Gasteiger partial charge is 0.463 e. The maximum atomic E-state index is 12.9. The van der Waals surface area contributed by atoms with Crippen molar-refractivity contribution < 1.29 is 22.3 Å². The lowest BCUT2D eigenvalue weighted by Gasteiger charge is -2.10. The van der Waals surface area contributed by atoms with Crippen molar-refractivity contribution in [3.63, 3.8) is 0 Å². The largest absolute Gasteiger partial charge is 0.483 e. The van der Waals surface area contributed by atoms with E-state index in [1.54, 1.807) is 0 Å². The molecule has 8 heteroatoms. The van der Waals surface area contributed by atoms with Crippen LogP contribution in [-0.2, 0) is 0 Å². The lowest BCUT2D eigenvalue weighted by atomic mass is 10.4. The highest BCUT2D eigenvalue weighted by atomic mass is 19.4. The van der Waals surface area contributed by atoms with Crippen LogP contribution in [0.1, 0.15) is 19.8 Å². The molecule has 0 aromatic carbocycles. The Labute approximate surface area is 95.0 Å².